The maximum atomic E-state index is 12.5. The molecule has 1 aliphatic heterocycles. The number of amides is 1. The van der Waals surface area contributed by atoms with Gasteiger partial charge >= 0.3 is 5.97 Å². The highest BCUT2D eigenvalue weighted by atomic mass is 32.1. The van der Waals surface area contributed by atoms with Crippen LogP contribution in [0.1, 0.15) is 32.7 Å². The van der Waals surface area contributed by atoms with Gasteiger partial charge in [0.25, 0.3) is 5.91 Å². The number of carbonyl (C=O) groups is 2. The number of nitrogens with zero attached hydrogens (tertiary/aromatic N) is 1. The molecule has 102 valence electrons. The van der Waals surface area contributed by atoms with Crippen molar-refractivity contribution in [2.24, 2.45) is 0 Å². The van der Waals surface area contributed by atoms with Crippen LogP contribution in [0.3, 0.4) is 0 Å². The average molecular weight is 287 g/mol. The first-order valence-corrected chi connectivity index (χ1v) is 7.32. The largest absolute Gasteiger partial charge is 0.478 e. The molecule has 1 aromatic heterocycles. The van der Waals surface area contributed by atoms with E-state index in [1.165, 1.54) is 11.3 Å². The Morgan fingerprint density at radius 3 is 2.80 bits per heavy atom. The Morgan fingerprint density at radius 1 is 1.25 bits per heavy atom. The van der Waals surface area contributed by atoms with Gasteiger partial charge in [0.05, 0.1) is 11.1 Å². The molecular weight excluding hydrogens is 274 g/mol. The molecule has 20 heavy (non-hydrogen) atoms. The van der Waals surface area contributed by atoms with E-state index in [0.717, 1.165) is 17.7 Å². The quantitative estimate of drug-likeness (QED) is 0.923. The molecule has 5 heteroatoms. The molecule has 0 aliphatic carbocycles. The van der Waals surface area contributed by atoms with E-state index < -0.39 is 5.97 Å². The van der Waals surface area contributed by atoms with Gasteiger partial charge in [0.2, 0.25) is 0 Å². The van der Waals surface area contributed by atoms with Crippen molar-refractivity contribution in [1.82, 2.24) is 0 Å². The molecule has 0 saturated heterocycles. The van der Waals surface area contributed by atoms with Crippen molar-refractivity contribution in [2.45, 2.75) is 12.8 Å². The predicted octanol–water partition coefficient (Wildman–Crippen LogP) is 3.04. The topological polar surface area (TPSA) is 57.6 Å². The SMILES string of the molecule is O=C(O)c1cccc2c1CCCN2C(=O)c1ccsc1. The Morgan fingerprint density at radius 2 is 2.10 bits per heavy atom. The first kappa shape index (κ1) is 12.9. The fourth-order valence-corrected chi connectivity index (χ4v) is 3.21. The zero-order valence-electron chi connectivity index (χ0n) is 10.7. The first-order chi connectivity index (χ1) is 9.68. The maximum absolute atomic E-state index is 12.5. The summed E-state index contributed by atoms with van der Waals surface area (Å²) in [6.07, 6.45) is 1.48. The van der Waals surface area contributed by atoms with Crippen LogP contribution in [0.25, 0.3) is 0 Å². The van der Waals surface area contributed by atoms with Gasteiger partial charge in [0.15, 0.2) is 0 Å². The smallest absolute Gasteiger partial charge is 0.336 e. The molecular formula is C15H13NO3S. The molecule has 3 rings (SSSR count). The zero-order valence-corrected chi connectivity index (χ0v) is 11.5. The Balaban J connectivity index is 2.05. The molecule has 1 N–H and O–H groups in total. The molecule has 0 bridgehead atoms. The molecule has 0 atom stereocenters. The standard InChI is InChI=1S/C15H13NO3S/c17-14(10-6-8-20-9-10)16-7-2-4-11-12(15(18)19)3-1-5-13(11)16/h1,3,5-6,8-9H,2,4,7H2,(H,18,19). The third-order valence-electron chi connectivity index (χ3n) is 3.49. The van der Waals surface area contributed by atoms with Crippen molar-refractivity contribution < 1.29 is 14.7 Å². The van der Waals surface area contributed by atoms with Crippen LogP contribution in [0.4, 0.5) is 5.69 Å². The Hall–Kier alpha value is -2.14. The summed E-state index contributed by atoms with van der Waals surface area (Å²) >= 11 is 1.48. The molecule has 2 heterocycles. The van der Waals surface area contributed by atoms with Gasteiger partial charge in [-0.15, -0.1) is 0 Å². The van der Waals surface area contributed by atoms with Gasteiger partial charge in [-0.05, 0) is 42.0 Å². The molecule has 4 nitrogen and oxygen atoms in total. The number of carboxylic acid groups (broad SMARTS) is 1. The third-order valence-corrected chi connectivity index (χ3v) is 4.18. The lowest BCUT2D eigenvalue weighted by molar-refractivity contribution is 0.0695. The van der Waals surface area contributed by atoms with Gasteiger partial charge < -0.3 is 10.0 Å². The molecule has 0 fully saturated rings. The number of hydrogen-bond acceptors (Lipinski definition) is 3. The lowest BCUT2D eigenvalue weighted by atomic mass is 9.96. The summed E-state index contributed by atoms with van der Waals surface area (Å²) in [5.41, 5.74) is 2.44. The van der Waals surface area contributed by atoms with Crippen molar-refractivity contribution in [3.63, 3.8) is 0 Å². The number of rotatable bonds is 2. The van der Waals surface area contributed by atoms with E-state index in [1.54, 1.807) is 23.1 Å². The van der Waals surface area contributed by atoms with Crippen molar-refractivity contribution in [2.75, 3.05) is 11.4 Å². The van der Waals surface area contributed by atoms with Gasteiger partial charge in [-0.3, -0.25) is 4.79 Å². The molecule has 1 amide bonds. The van der Waals surface area contributed by atoms with Crippen molar-refractivity contribution in [3.8, 4) is 0 Å². The van der Waals surface area contributed by atoms with Crippen LogP contribution in [0.15, 0.2) is 35.0 Å². The number of hydrogen-bond donors (Lipinski definition) is 1. The highest BCUT2D eigenvalue weighted by Crippen LogP contribution is 2.31. The molecule has 0 spiro atoms. The van der Waals surface area contributed by atoms with Gasteiger partial charge in [-0.2, -0.15) is 11.3 Å². The number of aromatic carboxylic acids is 1. The van der Waals surface area contributed by atoms with Crippen LogP contribution in [-0.2, 0) is 6.42 Å². The van der Waals surface area contributed by atoms with Crippen LogP contribution in [0, 0.1) is 0 Å². The summed E-state index contributed by atoms with van der Waals surface area (Å²) in [7, 11) is 0. The molecule has 2 aromatic rings. The summed E-state index contributed by atoms with van der Waals surface area (Å²) in [6.45, 7) is 0.630. The van der Waals surface area contributed by atoms with Gasteiger partial charge in [0, 0.05) is 17.6 Å². The van der Waals surface area contributed by atoms with E-state index in [9.17, 15) is 14.7 Å². The number of anilines is 1. The fourth-order valence-electron chi connectivity index (χ4n) is 2.58. The molecule has 1 aliphatic rings. The first-order valence-electron chi connectivity index (χ1n) is 6.37. The molecule has 1 aromatic carbocycles. The third kappa shape index (κ3) is 2.10. The lowest BCUT2D eigenvalue weighted by Crippen LogP contribution is -2.35. The van der Waals surface area contributed by atoms with Crippen LogP contribution >= 0.6 is 11.3 Å². The van der Waals surface area contributed by atoms with Gasteiger partial charge in [-0.1, -0.05) is 6.07 Å². The molecule has 0 unspecified atom stereocenters. The molecule has 0 saturated carbocycles. The summed E-state index contributed by atoms with van der Waals surface area (Å²) in [5, 5.41) is 12.9. The highest BCUT2D eigenvalue weighted by Gasteiger charge is 2.26. The number of thiophene rings is 1. The maximum Gasteiger partial charge on any atom is 0.336 e. The Bertz CT molecular complexity index is 664. The van der Waals surface area contributed by atoms with Crippen molar-refractivity contribution in [3.05, 3.63) is 51.7 Å². The summed E-state index contributed by atoms with van der Waals surface area (Å²) in [4.78, 5) is 25.5. The van der Waals surface area contributed by atoms with Crippen LogP contribution < -0.4 is 4.90 Å². The minimum atomic E-state index is -0.938. The van der Waals surface area contributed by atoms with E-state index in [0.29, 0.717) is 24.1 Å². The van der Waals surface area contributed by atoms with E-state index in [4.69, 9.17) is 0 Å². The Labute approximate surface area is 120 Å². The number of carbonyl (C=O) groups excluding carboxylic acids is 1. The number of benzene rings is 1. The molecule has 0 radical (unpaired) electrons. The highest BCUT2D eigenvalue weighted by molar-refractivity contribution is 7.08. The van der Waals surface area contributed by atoms with E-state index in [1.807, 2.05) is 16.8 Å². The van der Waals surface area contributed by atoms with Crippen molar-refractivity contribution in [1.29, 1.82) is 0 Å². The fraction of sp³-hybridized carbons (Fsp3) is 0.200. The van der Waals surface area contributed by atoms with Crippen molar-refractivity contribution >= 4 is 28.9 Å². The monoisotopic (exact) mass is 287 g/mol. The minimum Gasteiger partial charge on any atom is -0.478 e. The predicted molar refractivity (Wildman–Crippen MR) is 77.7 cm³/mol. The van der Waals surface area contributed by atoms with E-state index in [2.05, 4.69) is 0 Å². The van der Waals surface area contributed by atoms with Crippen LogP contribution in [-0.4, -0.2) is 23.5 Å². The Kier molecular flexibility index (Phi) is 3.28. The summed E-state index contributed by atoms with van der Waals surface area (Å²) in [5.74, 6) is -0.999. The minimum absolute atomic E-state index is 0.0604. The number of carboxylic acids is 1. The summed E-state index contributed by atoms with van der Waals surface area (Å²) < 4.78 is 0. The average Bonchev–Trinajstić information content (AvgIpc) is 2.99. The summed E-state index contributed by atoms with van der Waals surface area (Å²) in [6, 6.07) is 6.91. The second-order valence-corrected chi connectivity index (χ2v) is 5.46. The zero-order chi connectivity index (χ0) is 14.1. The van der Waals surface area contributed by atoms with Gasteiger partial charge in [0.1, 0.15) is 0 Å². The van der Waals surface area contributed by atoms with Crippen LogP contribution in [0.5, 0.6) is 0 Å². The van der Waals surface area contributed by atoms with E-state index >= 15 is 0 Å². The number of fused-ring (bicyclic) bond motifs is 1. The normalized spacial score (nSPS) is 13.9. The van der Waals surface area contributed by atoms with Gasteiger partial charge in [-0.25, -0.2) is 4.79 Å². The second kappa shape index (κ2) is 5.09. The second-order valence-electron chi connectivity index (χ2n) is 4.68. The van der Waals surface area contributed by atoms with Crippen LogP contribution in [0.2, 0.25) is 0 Å². The lowest BCUT2D eigenvalue weighted by Gasteiger charge is -2.30. The van der Waals surface area contributed by atoms with E-state index in [-0.39, 0.29) is 5.91 Å².